The second kappa shape index (κ2) is 12.8. The average molecular weight is 555 g/mol. The predicted molar refractivity (Wildman–Crippen MR) is 148 cm³/mol. The molecule has 0 saturated heterocycles. The van der Waals surface area contributed by atoms with Crippen LogP contribution < -0.4 is 16.0 Å². The summed E-state index contributed by atoms with van der Waals surface area (Å²) in [5.41, 5.74) is 1.33. The van der Waals surface area contributed by atoms with Gasteiger partial charge in [0.25, 0.3) is 5.91 Å². The van der Waals surface area contributed by atoms with Crippen molar-refractivity contribution in [1.29, 1.82) is 0 Å². The normalized spacial score (nSPS) is 17.7. The number of aliphatic carboxylic acids is 1. The van der Waals surface area contributed by atoms with Crippen molar-refractivity contribution in [3.63, 3.8) is 0 Å². The molecule has 0 unspecified atom stereocenters. The van der Waals surface area contributed by atoms with Gasteiger partial charge in [-0.3, -0.25) is 9.59 Å². The molecule has 38 heavy (non-hydrogen) atoms. The number of pyridine rings is 1. The molecular formula is C28H28Cl2N4O4. The molecule has 198 valence electrons. The van der Waals surface area contributed by atoms with Gasteiger partial charge in [0, 0.05) is 30.3 Å². The lowest BCUT2D eigenvalue weighted by Crippen LogP contribution is -2.42. The highest BCUT2D eigenvalue weighted by Gasteiger charge is 2.28. The highest BCUT2D eigenvalue weighted by Crippen LogP contribution is 2.28. The van der Waals surface area contributed by atoms with Gasteiger partial charge in [-0.1, -0.05) is 53.9 Å². The molecule has 10 heteroatoms. The minimum Gasteiger partial charge on any atom is -0.480 e. The van der Waals surface area contributed by atoms with Crippen LogP contribution >= 0.6 is 23.2 Å². The number of nitrogens with one attached hydrogen (secondary N) is 3. The summed E-state index contributed by atoms with van der Waals surface area (Å²) in [5.74, 6) is -1.21. The molecule has 0 radical (unpaired) electrons. The van der Waals surface area contributed by atoms with E-state index in [2.05, 4.69) is 20.9 Å². The van der Waals surface area contributed by atoms with Gasteiger partial charge >= 0.3 is 5.97 Å². The van der Waals surface area contributed by atoms with Gasteiger partial charge in [0.1, 0.15) is 11.9 Å². The number of carboxylic acid groups (broad SMARTS) is 1. The lowest BCUT2D eigenvalue weighted by molar-refractivity contribution is -0.139. The maximum Gasteiger partial charge on any atom is 0.326 e. The number of benzene rings is 2. The van der Waals surface area contributed by atoms with Gasteiger partial charge in [0.2, 0.25) is 5.91 Å². The van der Waals surface area contributed by atoms with E-state index >= 15 is 0 Å². The van der Waals surface area contributed by atoms with Crippen molar-refractivity contribution >= 4 is 52.5 Å². The van der Waals surface area contributed by atoms with Crippen molar-refractivity contribution in [2.45, 2.75) is 44.2 Å². The monoisotopic (exact) mass is 554 g/mol. The number of nitrogens with zero attached hydrogens (tertiary/aromatic N) is 1. The fourth-order valence-electron chi connectivity index (χ4n) is 4.57. The van der Waals surface area contributed by atoms with Gasteiger partial charge in [0.15, 0.2) is 0 Å². The third-order valence-corrected chi connectivity index (χ3v) is 7.15. The van der Waals surface area contributed by atoms with Crippen molar-refractivity contribution in [2.24, 2.45) is 5.92 Å². The number of carbonyl (C=O) groups is 3. The van der Waals surface area contributed by atoms with Crippen LogP contribution in [0.25, 0.3) is 0 Å². The maximum absolute atomic E-state index is 12.9. The van der Waals surface area contributed by atoms with E-state index in [0.717, 1.165) is 31.5 Å². The summed E-state index contributed by atoms with van der Waals surface area (Å²) in [5, 5.41) is 18.8. The molecule has 1 aliphatic rings. The number of anilines is 2. The number of hydrogen-bond donors (Lipinski definition) is 4. The molecule has 3 aromatic rings. The standard InChI is InChI=1S/C28H28Cl2N4O4/c29-21-7-4-8-22(30)25(21)27(36)34-23(28(37)38)15-17-10-12-19(13-11-17)33-26(35)18-5-3-6-20(16-18)32-24-9-1-2-14-31-24/h1-2,4,7-14,18,20,23H,3,5-6,15-16H2,(H,31,32)(H,33,35)(H,34,36)(H,37,38)/t18-,20+,23+/m1/s1. The molecule has 1 heterocycles. The molecule has 0 aliphatic heterocycles. The second-order valence-corrected chi connectivity index (χ2v) is 10.1. The first-order valence-corrected chi connectivity index (χ1v) is 13.1. The topological polar surface area (TPSA) is 120 Å². The first kappa shape index (κ1) is 27.4. The van der Waals surface area contributed by atoms with Crippen LogP contribution in [0.5, 0.6) is 0 Å². The minimum absolute atomic E-state index is 0.0281. The largest absolute Gasteiger partial charge is 0.480 e. The summed E-state index contributed by atoms with van der Waals surface area (Å²) in [6.45, 7) is 0. The van der Waals surface area contributed by atoms with Crippen LogP contribution in [0.3, 0.4) is 0 Å². The van der Waals surface area contributed by atoms with Crippen molar-refractivity contribution in [1.82, 2.24) is 10.3 Å². The molecule has 8 nitrogen and oxygen atoms in total. The van der Waals surface area contributed by atoms with E-state index in [1.807, 2.05) is 18.2 Å². The number of halogens is 2. The van der Waals surface area contributed by atoms with Crippen LogP contribution in [0.15, 0.2) is 66.9 Å². The summed E-state index contributed by atoms with van der Waals surface area (Å²) >= 11 is 12.1. The number of aromatic nitrogens is 1. The summed E-state index contributed by atoms with van der Waals surface area (Å²) in [7, 11) is 0. The maximum atomic E-state index is 12.9. The highest BCUT2D eigenvalue weighted by atomic mass is 35.5. The summed E-state index contributed by atoms with van der Waals surface area (Å²) < 4.78 is 0. The van der Waals surface area contributed by atoms with Crippen molar-refractivity contribution in [2.75, 3.05) is 10.6 Å². The lowest BCUT2D eigenvalue weighted by atomic mass is 9.85. The Balaban J connectivity index is 1.33. The summed E-state index contributed by atoms with van der Waals surface area (Å²) in [6, 6.07) is 16.2. The summed E-state index contributed by atoms with van der Waals surface area (Å²) in [4.78, 5) is 41.7. The van der Waals surface area contributed by atoms with Gasteiger partial charge in [-0.2, -0.15) is 0 Å². The van der Waals surface area contributed by atoms with E-state index in [1.165, 1.54) is 12.1 Å². The highest BCUT2D eigenvalue weighted by molar-refractivity contribution is 6.39. The van der Waals surface area contributed by atoms with E-state index in [4.69, 9.17) is 23.2 Å². The average Bonchev–Trinajstić information content (AvgIpc) is 2.90. The van der Waals surface area contributed by atoms with Crippen LogP contribution in [0.4, 0.5) is 11.5 Å². The van der Waals surface area contributed by atoms with Crippen LogP contribution in [-0.2, 0) is 16.0 Å². The zero-order valence-corrected chi connectivity index (χ0v) is 22.0. The van der Waals surface area contributed by atoms with Gasteiger partial charge in [-0.25, -0.2) is 9.78 Å². The fraction of sp³-hybridized carbons (Fsp3) is 0.286. The molecule has 2 aromatic carbocycles. The number of carbonyl (C=O) groups excluding carboxylic acids is 2. The number of hydrogen-bond acceptors (Lipinski definition) is 5. The number of rotatable bonds is 9. The lowest BCUT2D eigenvalue weighted by Gasteiger charge is -2.29. The first-order chi connectivity index (χ1) is 18.3. The van der Waals surface area contributed by atoms with Crippen LogP contribution in [-0.4, -0.2) is 40.0 Å². The quantitative estimate of drug-likeness (QED) is 0.280. The molecule has 0 bridgehead atoms. The van der Waals surface area contributed by atoms with Crippen LogP contribution in [0.1, 0.15) is 41.6 Å². The van der Waals surface area contributed by atoms with Crippen LogP contribution in [0, 0.1) is 5.92 Å². The molecule has 1 aliphatic carbocycles. The van der Waals surface area contributed by atoms with Gasteiger partial charge in [0.05, 0.1) is 15.6 Å². The Morgan fingerprint density at radius 3 is 2.37 bits per heavy atom. The Morgan fingerprint density at radius 2 is 1.71 bits per heavy atom. The SMILES string of the molecule is O=C(N[C@@H](Cc1ccc(NC(=O)[C@@H]2CCC[C@H](Nc3ccccn3)C2)cc1)C(=O)O)c1c(Cl)cccc1Cl. The smallest absolute Gasteiger partial charge is 0.326 e. The third-order valence-electron chi connectivity index (χ3n) is 6.52. The summed E-state index contributed by atoms with van der Waals surface area (Å²) in [6.07, 6.45) is 5.25. The molecule has 1 aromatic heterocycles. The molecule has 0 spiro atoms. The Kier molecular flexibility index (Phi) is 9.20. The van der Waals surface area contributed by atoms with E-state index < -0.39 is 17.9 Å². The third kappa shape index (κ3) is 7.24. The molecule has 3 atom stereocenters. The Morgan fingerprint density at radius 1 is 0.974 bits per heavy atom. The predicted octanol–water partition coefficient (Wildman–Crippen LogP) is 5.42. The number of amides is 2. The molecule has 1 saturated carbocycles. The second-order valence-electron chi connectivity index (χ2n) is 9.27. The Labute approximate surface area is 230 Å². The van der Waals surface area contributed by atoms with Crippen molar-refractivity contribution in [3.05, 3.63) is 88.0 Å². The van der Waals surface area contributed by atoms with Crippen molar-refractivity contribution < 1.29 is 19.5 Å². The minimum atomic E-state index is -1.19. The number of carboxylic acids is 1. The molecule has 2 amide bonds. The Hall–Kier alpha value is -3.62. The molecular weight excluding hydrogens is 527 g/mol. The van der Waals surface area contributed by atoms with E-state index in [9.17, 15) is 19.5 Å². The van der Waals surface area contributed by atoms with Gasteiger partial charge < -0.3 is 21.1 Å². The molecule has 1 fully saturated rings. The van der Waals surface area contributed by atoms with Gasteiger partial charge in [-0.15, -0.1) is 0 Å². The van der Waals surface area contributed by atoms with Crippen LogP contribution in [0.2, 0.25) is 10.0 Å². The first-order valence-electron chi connectivity index (χ1n) is 12.3. The van der Waals surface area contributed by atoms with Gasteiger partial charge in [-0.05, 0) is 61.2 Å². The van der Waals surface area contributed by atoms with E-state index in [-0.39, 0.29) is 39.9 Å². The zero-order chi connectivity index (χ0) is 27.1. The fourth-order valence-corrected chi connectivity index (χ4v) is 5.13. The molecule has 4 rings (SSSR count). The van der Waals surface area contributed by atoms with E-state index in [1.54, 1.807) is 36.5 Å². The Bertz CT molecular complexity index is 1270. The molecule has 4 N–H and O–H groups in total. The zero-order valence-electron chi connectivity index (χ0n) is 20.5. The van der Waals surface area contributed by atoms with Crippen molar-refractivity contribution in [3.8, 4) is 0 Å². The van der Waals surface area contributed by atoms with E-state index in [0.29, 0.717) is 11.3 Å².